The lowest BCUT2D eigenvalue weighted by atomic mass is 10.1. The Balaban J connectivity index is 3.93. The van der Waals surface area contributed by atoms with Gasteiger partial charge in [0.1, 0.15) is 0 Å². The molecule has 0 aromatic carbocycles. The molecule has 0 spiro atoms. The molecule has 0 aromatic heterocycles. The maximum absolute atomic E-state index is 11.5. The molecule has 4 nitrogen and oxygen atoms in total. The molecule has 0 heterocycles. The van der Waals surface area contributed by atoms with Crippen molar-refractivity contribution in [1.29, 1.82) is 0 Å². The lowest BCUT2D eigenvalue weighted by Gasteiger charge is -2.15. The fourth-order valence-electron chi connectivity index (χ4n) is 1.43. The van der Waals surface area contributed by atoms with Crippen molar-refractivity contribution >= 4 is 13.3 Å². The van der Waals surface area contributed by atoms with E-state index in [4.69, 9.17) is 5.11 Å². The zero-order chi connectivity index (χ0) is 11.2. The molecule has 5 heteroatoms. The summed E-state index contributed by atoms with van der Waals surface area (Å²) in [7, 11) is -3.21. The number of carbonyl (C=O) groups is 1. The standard InChI is InChI=1S/C9H19O4P/c1-3-4-8(2)7-14(12,13)6-5-9(10)11/h8H,3-7H2,1-2H3,(H,10,11)(H,12,13). The Morgan fingerprint density at radius 3 is 2.50 bits per heavy atom. The van der Waals surface area contributed by atoms with Gasteiger partial charge in [-0.3, -0.25) is 9.36 Å². The van der Waals surface area contributed by atoms with Gasteiger partial charge in [-0.1, -0.05) is 26.7 Å². The van der Waals surface area contributed by atoms with Crippen LogP contribution in [0, 0.1) is 5.92 Å². The van der Waals surface area contributed by atoms with Gasteiger partial charge < -0.3 is 10.00 Å². The highest BCUT2D eigenvalue weighted by Gasteiger charge is 2.22. The van der Waals surface area contributed by atoms with Crippen molar-refractivity contribution in [3.63, 3.8) is 0 Å². The molecule has 0 aliphatic heterocycles. The summed E-state index contributed by atoms with van der Waals surface area (Å²) in [6.07, 6.45) is 1.83. The maximum Gasteiger partial charge on any atom is 0.303 e. The van der Waals surface area contributed by atoms with Crippen molar-refractivity contribution in [3.05, 3.63) is 0 Å². The Labute approximate surface area is 84.8 Å². The second kappa shape index (κ2) is 6.20. The molecule has 0 aliphatic rings. The number of aliphatic carboxylic acids is 1. The highest BCUT2D eigenvalue weighted by Crippen LogP contribution is 2.43. The predicted octanol–water partition coefficient (Wildman–Crippen LogP) is 2.17. The van der Waals surface area contributed by atoms with Crippen molar-refractivity contribution < 1.29 is 19.4 Å². The fourth-order valence-corrected chi connectivity index (χ4v) is 3.31. The molecular weight excluding hydrogens is 203 g/mol. The molecule has 2 atom stereocenters. The Morgan fingerprint density at radius 2 is 2.07 bits per heavy atom. The third kappa shape index (κ3) is 7.10. The lowest BCUT2D eigenvalue weighted by molar-refractivity contribution is -0.136. The van der Waals surface area contributed by atoms with Gasteiger partial charge in [-0.05, 0) is 5.92 Å². The first kappa shape index (κ1) is 13.7. The van der Waals surface area contributed by atoms with Crippen LogP contribution in [0.25, 0.3) is 0 Å². The summed E-state index contributed by atoms with van der Waals surface area (Å²) in [6.45, 7) is 3.95. The quantitative estimate of drug-likeness (QED) is 0.647. The summed E-state index contributed by atoms with van der Waals surface area (Å²) in [4.78, 5) is 19.7. The van der Waals surface area contributed by atoms with Gasteiger partial charge in [0.25, 0.3) is 0 Å². The molecule has 0 saturated carbocycles. The van der Waals surface area contributed by atoms with Crippen LogP contribution in [0.4, 0.5) is 0 Å². The molecular formula is C9H19O4P. The molecule has 0 saturated heterocycles. The highest BCUT2D eigenvalue weighted by molar-refractivity contribution is 7.58. The number of rotatable bonds is 7. The van der Waals surface area contributed by atoms with E-state index in [-0.39, 0.29) is 24.7 Å². The van der Waals surface area contributed by atoms with Gasteiger partial charge in [-0.25, -0.2) is 0 Å². The molecule has 2 unspecified atom stereocenters. The van der Waals surface area contributed by atoms with Crippen LogP contribution in [0.5, 0.6) is 0 Å². The normalized spacial score (nSPS) is 17.4. The second-order valence-corrected chi connectivity index (χ2v) is 6.30. The van der Waals surface area contributed by atoms with Crippen LogP contribution in [0.15, 0.2) is 0 Å². The minimum Gasteiger partial charge on any atom is -0.481 e. The maximum atomic E-state index is 11.5. The summed E-state index contributed by atoms with van der Waals surface area (Å²) >= 11 is 0. The van der Waals surface area contributed by atoms with Crippen LogP contribution in [-0.2, 0) is 9.36 Å². The smallest absolute Gasteiger partial charge is 0.303 e. The summed E-state index contributed by atoms with van der Waals surface area (Å²) in [5, 5.41) is 8.38. The summed E-state index contributed by atoms with van der Waals surface area (Å²) < 4.78 is 11.5. The molecule has 0 fully saturated rings. The topological polar surface area (TPSA) is 74.6 Å². The summed E-state index contributed by atoms with van der Waals surface area (Å²) in [5.41, 5.74) is 0. The average Bonchev–Trinajstić information content (AvgIpc) is 2.00. The zero-order valence-corrected chi connectivity index (χ0v) is 9.67. The van der Waals surface area contributed by atoms with Gasteiger partial charge in [0.2, 0.25) is 7.37 Å². The van der Waals surface area contributed by atoms with Crippen LogP contribution < -0.4 is 0 Å². The van der Waals surface area contributed by atoms with Crippen molar-refractivity contribution in [2.75, 3.05) is 12.3 Å². The predicted molar refractivity (Wildman–Crippen MR) is 55.9 cm³/mol. The lowest BCUT2D eigenvalue weighted by Crippen LogP contribution is -2.07. The molecule has 0 rings (SSSR count). The van der Waals surface area contributed by atoms with Crippen LogP contribution in [0.3, 0.4) is 0 Å². The van der Waals surface area contributed by atoms with E-state index < -0.39 is 13.3 Å². The van der Waals surface area contributed by atoms with E-state index in [1.807, 2.05) is 13.8 Å². The summed E-state index contributed by atoms with van der Waals surface area (Å²) in [6, 6.07) is 0. The van der Waals surface area contributed by atoms with Crippen LogP contribution in [-0.4, -0.2) is 28.3 Å². The Morgan fingerprint density at radius 1 is 1.50 bits per heavy atom. The highest BCUT2D eigenvalue weighted by atomic mass is 31.2. The van der Waals surface area contributed by atoms with Gasteiger partial charge in [-0.2, -0.15) is 0 Å². The number of hydrogen-bond acceptors (Lipinski definition) is 2. The SMILES string of the molecule is CCCC(C)CP(=O)(O)CCC(=O)O. The molecule has 0 bridgehead atoms. The third-order valence-electron chi connectivity index (χ3n) is 2.05. The molecule has 0 aliphatic carbocycles. The van der Waals surface area contributed by atoms with Crippen molar-refractivity contribution in [2.24, 2.45) is 5.92 Å². The molecule has 14 heavy (non-hydrogen) atoms. The largest absolute Gasteiger partial charge is 0.481 e. The molecule has 0 amide bonds. The van der Waals surface area contributed by atoms with Crippen LogP contribution in [0.1, 0.15) is 33.1 Å². The molecule has 0 radical (unpaired) electrons. The number of hydrogen-bond donors (Lipinski definition) is 2. The van der Waals surface area contributed by atoms with Crippen molar-refractivity contribution in [2.45, 2.75) is 33.1 Å². The van der Waals surface area contributed by atoms with Crippen molar-refractivity contribution in [1.82, 2.24) is 0 Å². The van der Waals surface area contributed by atoms with Gasteiger partial charge in [-0.15, -0.1) is 0 Å². The first-order valence-corrected chi connectivity index (χ1v) is 6.93. The van der Waals surface area contributed by atoms with Gasteiger partial charge in [0, 0.05) is 12.3 Å². The van der Waals surface area contributed by atoms with E-state index in [9.17, 15) is 14.3 Å². The molecule has 2 N–H and O–H groups in total. The Bertz CT molecular complexity index is 227. The third-order valence-corrected chi connectivity index (χ3v) is 4.17. The second-order valence-electron chi connectivity index (χ2n) is 3.79. The average molecular weight is 222 g/mol. The first-order chi connectivity index (χ1) is 6.37. The minimum absolute atomic E-state index is 0.101. The van der Waals surface area contributed by atoms with E-state index in [1.54, 1.807) is 0 Å². The Kier molecular flexibility index (Phi) is 6.05. The van der Waals surface area contributed by atoms with E-state index in [1.165, 1.54) is 0 Å². The van der Waals surface area contributed by atoms with Crippen LogP contribution in [0.2, 0.25) is 0 Å². The van der Waals surface area contributed by atoms with Gasteiger partial charge in [0.05, 0.1) is 6.42 Å². The van der Waals surface area contributed by atoms with E-state index in [0.717, 1.165) is 12.8 Å². The Hall–Kier alpha value is -0.340. The van der Waals surface area contributed by atoms with Crippen molar-refractivity contribution in [3.8, 4) is 0 Å². The number of carboxylic acid groups (broad SMARTS) is 1. The number of carboxylic acids is 1. The van der Waals surface area contributed by atoms with E-state index in [2.05, 4.69) is 0 Å². The fraction of sp³-hybridized carbons (Fsp3) is 0.889. The summed E-state index contributed by atoms with van der Waals surface area (Å²) in [5.74, 6) is -0.813. The zero-order valence-electron chi connectivity index (χ0n) is 8.77. The van der Waals surface area contributed by atoms with Gasteiger partial charge >= 0.3 is 5.97 Å². The van der Waals surface area contributed by atoms with E-state index in [0.29, 0.717) is 0 Å². The molecule has 84 valence electrons. The first-order valence-electron chi connectivity index (χ1n) is 4.90. The monoisotopic (exact) mass is 222 g/mol. The van der Waals surface area contributed by atoms with Gasteiger partial charge in [0.15, 0.2) is 0 Å². The van der Waals surface area contributed by atoms with Crippen LogP contribution >= 0.6 is 7.37 Å². The minimum atomic E-state index is -3.21. The molecule has 0 aromatic rings. The van der Waals surface area contributed by atoms with E-state index >= 15 is 0 Å².